The Kier molecular flexibility index (Phi) is 4.27. The molecule has 0 radical (unpaired) electrons. The van der Waals surface area contributed by atoms with E-state index in [1.807, 2.05) is 0 Å². The van der Waals surface area contributed by atoms with Gasteiger partial charge in [0, 0.05) is 11.1 Å². The molecule has 1 N–H and O–H groups in total. The molecule has 21 heavy (non-hydrogen) atoms. The summed E-state index contributed by atoms with van der Waals surface area (Å²) in [4.78, 5) is 0. The van der Waals surface area contributed by atoms with Crippen molar-refractivity contribution < 1.29 is 4.39 Å². The predicted octanol–water partition coefficient (Wildman–Crippen LogP) is 4.54. The molecule has 1 nitrogen and oxygen atoms in total. The molecule has 0 saturated heterocycles. The van der Waals surface area contributed by atoms with E-state index in [1.165, 1.54) is 17.2 Å². The summed E-state index contributed by atoms with van der Waals surface area (Å²) in [5, 5.41) is 4.22. The first kappa shape index (κ1) is 14.6. The van der Waals surface area contributed by atoms with E-state index in [0.717, 1.165) is 24.9 Å². The van der Waals surface area contributed by atoms with Crippen LogP contribution in [-0.4, -0.2) is 6.54 Å². The van der Waals surface area contributed by atoms with Crippen LogP contribution in [0.5, 0.6) is 0 Å². The molecule has 2 aromatic carbocycles. The first-order valence-electron chi connectivity index (χ1n) is 7.44. The Morgan fingerprint density at radius 3 is 2.86 bits per heavy atom. The van der Waals surface area contributed by atoms with Gasteiger partial charge in [0.25, 0.3) is 0 Å². The molecule has 3 heteroatoms. The van der Waals surface area contributed by atoms with Crippen LogP contribution in [0.2, 0.25) is 5.02 Å². The van der Waals surface area contributed by atoms with Crippen molar-refractivity contribution in [1.29, 1.82) is 0 Å². The van der Waals surface area contributed by atoms with E-state index in [9.17, 15) is 4.39 Å². The Morgan fingerprint density at radius 2 is 2.05 bits per heavy atom. The summed E-state index contributed by atoms with van der Waals surface area (Å²) in [6, 6.07) is 13.5. The quantitative estimate of drug-likeness (QED) is 0.874. The average molecular weight is 304 g/mol. The van der Waals surface area contributed by atoms with Crippen LogP contribution in [0.1, 0.15) is 29.7 Å². The average Bonchev–Trinajstić information content (AvgIpc) is 2.81. The molecule has 2 unspecified atom stereocenters. The van der Waals surface area contributed by atoms with Gasteiger partial charge in [-0.1, -0.05) is 42.8 Å². The molecule has 0 heterocycles. The van der Waals surface area contributed by atoms with Crippen LogP contribution in [0.4, 0.5) is 4.39 Å². The van der Waals surface area contributed by atoms with Crippen LogP contribution < -0.4 is 5.32 Å². The molecule has 2 aromatic rings. The number of fused-ring (bicyclic) bond motifs is 1. The lowest BCUT2D eigenvalue weighted by Gasteiger charge is -2.22. The maximum atomic E-state index is 13.5. The van der Waals surface area contributed by atoms with Gasteiger partial charge in [-0.15, -0.1) is 0 Å². The van der Waals surface area contributed by atoms with Crippen molar-refractivity contribution in [2.75, 3.05) is 6.54 Å². The van der Waals surface area contributed by atoms with Crippen molar-refractivity contribution in [2.24, 2.45) is 5.92 Å². The summed E-state index contributed by atoms with van der Waals surface area (Å²) in [6.07, 6.45) is 1.81. The summed E-state index contributed by atoms with van der Waals surface area (Å²) < 4.78 is 13.5. The van der Waals surface area contributed by atoms with Crippen LogP contribution in [-0.2, 0) is 12.8 Å². The number of nitrogens with one attached hydrogen (secondary N) is 1. The molecule has 1 aliphatic rings. The number of rotatable bonds is 4. The molecular weight excluding hydrogens is 285 g/mol. The smallest absolute Gasteiger partial charge is 0.123 e. The molecule has 0 fully saturated rings. The van der Waals surface area contributed by atoms with E-state index in [-0.39, 0.29) is 5.82 Å². The molecule has 110 valence electrons. The summed E-state index contributed by atoms with van der Waals surface area (Å²) in [6.45, 7) is 3.04. The second-order valence-electron chi connectivity index (χ2n) is 5.64. The van der Waals surface area contributed by atoms with Crippen molar-refractivity contribution in [3.8, 4) is 0 Å². The van der Waals surface area contributed by atoms with Gasteiger partial charge in [0.2, 0.25) is 0 Å². The molecule has 0 spiro atoms. The lowest BCUT2D eigenvalue weighted by Crippen LogP contribution is -2.26. The first-order chi connectivity index (χ1) is 10.2. The van der Waals surface area contributed by atoms with Gasteiger partial charge in [0.05, 0.1) is 0 Å². The van der Waals surface area contributed by atoms with Crippen molar-refractivity contribution in [3.63, 3.8) is 0 Å². The fraction of sp³-hybridized carbons (Fsp3) is 0.333. The third-order valence-electron chi connectivity index (χ3n) is 4.26. The van der Waals surface area contributed by atoms with Crippen LogP contribution in [0.25, 0.3) is 0 Å². The molecule has 0 amide bonds. The summed E-state index contributed by atoms with van der Waals surface area (Å²) >= 11 is 6.22. The maximum absolute atomic E-state index is 13.5. The topological polar surface area (TPSA) is 12.0 Å². The largest absolute Gasteiger partial charge is 0.310 e. The zero-order valence-corrected chi connectivity index (χ0v) is 12.8. The normalized spacial score (nSPS) is 20.5. The highest BCUT2D eigenvalue weighted by molar-refractivity contribution is 6.31. The van der Waals surface area contributed by atoms with Gasteiger partial charge in [-0.25, -0.2) is 4.39 Å². The molecule has 0 bridgehead atoms. The van der Waals surface area contributed by atoms with Crippen LogP contribution in [0.3, 0.4) is 0 Å². The highest BCUT2D eigenvalue weighted by Gasteiger charge is 2.31. The van der Waals surface area contributed by atoms with E-state index >= 15 is 0 Å². The Labute approximate surface area is 130 Å². The highest BCUT2D eigenvalue weighted by Crippen LogP contribution is 2.38. The van der Waals surface area contributed by atoms with E-state index in [1.54, 1.807) is 12.1 Å². The standard InChI is InChI=1S/C18H19ClFN/c1-2-21-18-14(9-12-5-3-4-6-16(12)18)10-13-11-15(20)7-8-17(13)19/h3-8,11,14,18,21H,2,9-10H2,1H3. The van der Waals surface area contributed by atoms with Crippen LogP contribution in [0.15, 0.2) is 42.5 Å². The van der Waals surface area contributed by atoms with Crippen molar-refractivity contribution in [3.05, 3.63) is 70.0 Å². The molecule has 3 rings (SSSR count). The van der Waals surface area contributed by atoms with Crippen molar-refractivity contribution in [1.82, 2.24) is 5.32 Å². The van der Waals surface area contributed by atoms with Crippen molar-refractivity contribution in [2.45, 2.75) is 25.8 Å². The number of benzene rings is 2. The van der Waals surface area contributed by atoms with Gasteiger partial charge in [-0.3, -0.25) is 0 Å². The van der Waals surface area contributed by atoms with Gasteiger partial charge >= 0.3 is 0 Å². The van der Waals surface area contributed by atoms with Gasteiger partial charge < -0.3 is 5.32 Å². The SMILES string of the molecule is CCNC1c2ccccc2CC1Cc1cc(F)ccc1Cl. The molecular formula is C18H19ClFN. The summed E-state index contributed by atoms with van der Waals surface area (Å²) in [5.74, 6) is 0.201. The fourth-order valence-electron chi connectivity index (χ4n) is 3.35. The number of halogens is 2. The highest BCUT2D eigenvalue weighted by atomic mass is 35.5. The summed E-state index contributed by atoms with van der Waals surface area (Å²) in [7, 11) is 0. The Morgan fingerprint density at radius 1 is 1.24 bits per heavy atom. The van der Waals surface area contributed by atoms with Gasteiger partial charge in [0.1, 0.15) is 5.82 Å². The van der Waals surface area contributed by atoms with Crippen molar-refractivity contribution >= 4 is 11.6 Å². The van der Waals surface area contributed by atoms with Gasteiger partial charge in [-0.05, 0) is 60.2 Å². The fourth-order valence-corrected chi connectivity index (χ4v) is 3.54. The zero-order valence-electron chi connectivity index (χ0n) is 12.1. The second-order valence-corrected chi connectivity index (χ2v) is 6.05. The lowest BCUT2D eigenvalue weighted by molar-refractivity contribution is 0.393. The predicted molar refractivity (Wildman–Crippen MR) is 85.2 cm³/mol. The maximum Gasteiger partial charge on any atom is 0.123 e. The zero-order chi connectivity index (χ0) is 14.8. The molecule has 1 aliphatic carbocycles. The van der Waals surface area contributed by atoms with E-state index in [2.05, 4.69) is 36.5 Å². The van der Waals surface area contributed by atoms with Gasteiger partial charge in [-0.2, -0.15) is 0 Å². The van der Waals surface area contributed by atoms with E-state index < -0.39 is 0 Å². The molecule has 0 saturated carbocycles. The molecule has 2 atom stereocenters. The van der Waals surface area contributed by atoms with Crippen LogP contribution in [0, 0.1) is 11.7 Å². The Balaban J connectivity index is 1.87. The van der Waals surface area contributed by atoms with E-state index in [4.69, 9.17) is 11.6 Å². The second kappa shape index (κ2) is 6.17. The minimum absolute atomic E-state index is 0.218. The van der Waals surface area contributed by atoms with Gasteiger partial charge in [0.15, 0.2) is 0 Å². The third kappa shape index (κ3) is 2.97. The minimum Gasteiger partial charge on any atom is -0.310 e. The number of hydrogen-bond acceptors (Lipinski definition) is 1. The third-order valence-corrected chi connectivity index (χ3v) is 4.63. The minimum atomic E-state index is -0.218. The molecule has 0 aliphatic heterocycles. The Hall–Kier alpha value is -1.38. The molecule has 0 aromatic heterocycles. The lowest BCUT2D eigenvalue weighted by atomic mass is 9.92. The first-order valence-corrected chi connectivity index (χ1v) is 7.82. The Bertz CT molecular complexity index is 641. The monoisotopic (exact) mass is 303 g/mol. The van der Waals surface area contributed by atoms with Crippen LogP contribution >= 0.6 is 11.6 Å². The summed E-state index contributed by atoms with van der Waals surface area (Å²) in [5.41, 5.74) is 3.66. The number of hydrogen-bond donors (Lipinski definition) is 1. The van der Waals surface area contributed by atoms with E-state index in [0.29, 0.717) is 17.0 Å².